The Morgan fingerprint density at radius 3 is 2.11 bits per heavy atom. The number of guanidine groups is 1. The Morgan fingerprint density at radius 2 is 1.52 bits per heavy atom. The molecule has 5 nitrogen and oxygen atoms in total. The molecule has 0 aliphatic carbocycles. The zero-order valence-electron chi connectivity index (χ0n) is 16.7. The van der Waals surface area contributed by atoms with Gasteiger partial charge in [-0.05, 0) is 37.0 Å². The van der Waals surface area contributed by atoms with Crippen molar-refractivity contribution in [1.82, 2.24) is 0 Å². The van der Waals surface area contributed by atoms with Gasteiger partial charge in [0.1, 0.15) is 0 Å². The van der Waals surface area contributed by atoms with Gasteiger partial charge < -0.3 is 16.8 Å². The summed E-state index contributed by atoms with van der Waals surface area (Å²) in [7, 11) is 0. The second-order valence-electron chi connectivity index (χ2n) is 6.88. The quantitative estimate of drug-likeness (QED) is 0.240. The van der Waals surface area contributed by atoms with E-state index >= 15 is 0 Å². The van der Waals surface area contributed by atoms with Crippen molar-refractivity contribution in [3.63, 3.8) is 0 Å². The van der Waals surface area contributed by atoms with Gasteiger partial charge in [-0.3, -0.25) is 9.79 Å². The number of aliphatic imine (C=N–C) groups is 1. The lowest BCUT2D eigenvalue weighted by molar-refractivity contribution is -0.116. The number of aryl methyl sites for hydroxylation is 1. The van der Waals surface area contributed by atoms with E-state index in [0.29, 0.717) is 19.4 Å². The molecule has 0 atom stereocenters. The first-order chi connectivity index (χ1) is 12.6. The van der Waals surface area contributed by atoms with Gasteiger partial charge in [0.05, 0.1) is 0 Å². The van der Waals surface area contributed by atoms with E-state index in [4.69, 9.17) is 11.5 Å². The first-order valence-electron chi connectivity index (χ1n) is 10.1. The number of anilines is 1. The van der Waals surface area contributed by atoms with Crippen LogP contribution in [0.3, 0.4) is 0 Å². The van der Waals surface area contributed by atoms with Crippen molar-refractivity contribution in [2.75, 3.05) is 11.9 Å². The van der Waals surface area contributed by atoms with Gasteiger partial charge in [0, 0.05) is 18.7 Å². The Labute approximate surface area is 170 Å². The molecule has 0 radical (unpaired) electrons. The van der Waals surface area contributed by atoms with Crippen molar-refractivity contribution in [3.8, 4) is 0 Å². The number of benzene rings is 1. The molecule has 1 aromatic carbocycles. The number of nitrogens with zero attached hydrogens (tertiary/aromatic N) is 1. The lowest BCUT2D eigenvalue weighted by Crippen LogP contribution is -2.23. The van der Waals surface area contributed by atoms with E-state index in [1.54, 1.807) is 0 Å². The molecule has 27 heavy (non-hydrogen) atoms. The number of carbonyl (C=O) groups is 1. The molecule has 0 heterocycles. The number of hydrogen-bond acceptors (Lipinski definition) is 2. The van der Waals surface area contributed by atoms with Crippen LogP contribution in [0.4, 0.5) is 5.69 Å². The van der Waals surface area contributed by atoms with E-state index in [0.717, 1.165) is 12.1 Å². The Balaban J connectivity index is 0.00000676. The fourth-order valence-electron chi connectivity index (χ4n) is 2.89. The topological polar surface area (TPSA) is 93.5 Å². The predicted octanol–water partition coefficient (Wildman–Crippen LogP) is 4.78. The first-order valence-corrected chi connectivity index (χ1v) is 10.1. The highest BCUT2D eigenvalue weighted by atomic mass is 35.5. The summed E-state index contributed by atoms with van der Waals surface area (Å²) in [5.41, 5.74) is 12.7. The minimum atomic E-state index is -0.00776. The minimum absolute atomic E-state index is 0. The van der Waals surface area contributed by atoms with Crippen molar-refractivity contribution in [3.05, 3.63) is 29.8 Å². The fourth-order valence-corrected chi connectivity index (χ4v) is 2.89. The Kier molecular flexibility index (Phi) is 15.4. The van der Waals surface area contributed by atoms with E-state index in [2.05, 4.69) is 29.4 Å². The Bertz CT molecular complexity index is 527. The summed E-state index contributed by atoms with van der Waals surface area (Å²) in [5.74, 6) is 0.0594. The molecular weight excluding hydrogens is 360 g/mol. The summed E-state index contributed by atoms with van der Waals surface area (Å²) >= 11 is 0. The third-order valence-electron chi connectivity index (χ3n) is 4.41. The van der Waals surface area contributed by atoms with Gasteiger partial charge >= 0.3 is 0 Å². The van der Waals surface area contributed by atoms with Crippen LogP contribution >= 0.6 is 12.4 Å². The molecular formula is C21H37ClN4O. The molecule has 0 aliphatic heterocycles. The largest absolute Gasteiger partial charge is 0.370 e. The maximum Gasteiger partial charge on any atom is 0.224 e. The number of nitrogens with two attached hydrogens (primary N) is 2. The standard InChI is InChI=1S/C21H36N4O.ClH/c1-2-3-4-5-6-7-8-9-11-18-13-15-19(16-14-18)25-20(26)12-10-17-24-21(22)23;/h13-16H,2-12,17H2,1H3,(H,25,26)(H4,22,23,24);1H. The average Bonchev–Trinajstić information content (AvgIpc) is 2.62. The van der Waals surface area contributed by atoms with Crippen molar-refractivity contribution in [2.24, 2.45) is 16.5 Å². The molecule has 1 amide bonds. The summed E-state index contributed by atoms with van der Waals surface area (Å²) in [5, 5.41) is 2.91. The zero-order valence-corrected chi connectivity index (χ0v) is 17.5. The van der Waals surface area contributed by atoms with Crippen LogP contribution in [0, 0.1) is 0 Å². The lowest BCUT2D eigenvalue weighted by Gasteiger charge is -2.07. The number of hydrogen-bond donors (Lipinski definition) is 3. The van der Waals surface area contributed by atoms with E-state index in [1.165, 1.54) is 56.9 Å². The molecule has 0 saturated heterocycles. The number of carbonyl (C=O) groups excluding carboxylic acids is 1. The second-order valence-corrected chi connectivity index (χ2v) is 6.88. The van der Waals surface area contributed by atoms with Gasteiger partial charge in [0.25, 0.3) is 0 Å². The van der Waals surface area contributed by atoms with Crippen LogP contribution in [0.2, 0.25) is 0 Å². The number of unbranched alkanes of at least 4 members (excludes halogenated alkanes) is 7. The fraction of sp³-hybridized carbons (Fsp3) is 0.619. The van der Waals surface area contributed by atoms with Crippen LogP contribution in [0.5, 0.6) is 0 Å². The van der Waals surface area contributed by atoms with Crippen LogP contribution in [0.15, 0.2) is 29.3 Å². The molecule has 0 bridgehead atoms. The number of halogens is 1. The van der Waals surface area contributed by atoms with Crippen molar-refractivity contribution in [2.45, 2.75) is 77.6 Å². The monoisotopic (exact) mass is 396 g/mol. The number of nitrogens with one attached hydrogen (secondary N) is 1. The molecule has 154 valence electrons. The SMILES string of the molecule is CCCCCCCCCCc1ccc(NC(=O)CCCN=C(N)N)cc1.Cl. The highest BCUT2D eigenvalue weighted by Gasteiger charge is 2.02. The average molecular weight is 397 g/mol. The highest BCUT2D eigenvalue weighted by Crippen LogP contribution is 2.14. The van der Waals surface area contributed by atoms with E-state index < -0.39 is 0 Å². The molecule has 0 aliphatic rings. The molecule has 0 spiro atoms. The molecule has 1 aromatic rings. The lowest BCUT2D eigenvalue weighted by atomic mass is 10.0. The summed E-state index contributed by atoms with van der Waals surface area (Å²) < 4.78 is 0. The van der Waals surface area contributed by atoms with Crippen molar-refractivity contribution in [1.29, 1.82) is 0 Å². The van der Waals surface area contributed by atoms with Gasteiger partial charge in [-0.15, -0.1) is 12.4 Å². The van der Waals surface area contributed by atoms with Gasteiger partial charge in [0.2, 0.25) is 5.91 Å². The van der Waals surface area contributed by atoms with Gasteiger partial charge in [-0.25, -0.2) is 0 Å². The summed E-state index contributed by atoms with van der Waals surface area (Å²) in [6, 6.07) is 8.18. The maximum atomic E-state index is 11.9. The van der Waals surface area contributed by atoms with Gasteiger partial charge in [0.15, 0.2) is 5.96 Å². The zero-order chi connectivity index (χ0) is 19.0. The van der Waals surface area contributed by atoms with E-state index in [9.17, 15) is 4.79 Å². The van der Waals surface area contributed by atoms with E-state index in [-0.39, 0.29) is 24.3 Å². The summed E-state index contributed by atoms with van der Waals surface area (Å²) in [6.07, 6.45) is 12.9. The molecule has 5 N–H and O–H groups in total. The van der Waals surface area contributed by atoms with Crippen LogP contribution in [0.1, 0.15) is 76.7 Å². The third-order valence-corrected chi connectivity index (χ3v) is 4.41. The first kappa shape index (κ1) is 25.2. The van der Waals surface area contributed by atoms with Crippen LogP contribution < -0.4 is 16.8 Å². The van der Waals surface area contributed by atoms with Gasteiger partial charge in [-0.2, -0.15) is 0 Å². The summed E-state index contributed by atoms with van der Waals surface area (Å²) in [6.45, 7) is 2.74. The molecule has 0 unspecified atom stereocenters. The van der Waals surface area contributed by atoms with Crippen LogP contribution in [-0.4, -0.2) is 18.4 Å². The van der Waals surface area contributed by atoms with E-state index in [1.807, 2.05) is 12.1 Å². The van der Waals surface area contributed by atoms with Crippen LogP contribution in [-0.2, 0) is 11.2 Å². The predicted molar refractivity (Wildman–Crippen MR) is 119 cm³/mol. The maximum absolute atomic E-state index is 11.9. The number of amides is 1. The highest BCUT2D eigenvalue weighted by molar-refractivity contribution is 5.90. The molecule has 0 saturated carbocycles. The molecule has 0 aromatic heterocycles. The molecule has 0 fully saturated rings. The number of rotatable bonds is 14. The third kappa shape index (κ3) is 14.0. The normalized spacial score (nSPS) is 10.1. The minimum Gasteiger partial charge on any atom is -0.370 e. The molecule has 1 rings (SSSR count). The summed E-state index contributed by atoms with van der Waals surface area (Å²) in [4.78, 5) is 15.7. The Hall–Kier alpha value is -1.75. The van der Waals surface area contributed by atoms with Gasteiger partial charge in [-0.1, -0.05) is 64.0 Å². The van der Waals surface area contributed by atoms with Crippen LogP contribution in [0.25, 0.3) is 0 Å². The molecule has 6 heteroatoms. The Morgan fingerprint density at radius 1 is 0.926 bits per heavy atom. The smallest absolute Gasteiger partial charge is 0.224 e. The second kappa shape index (κ2) is 16.4. The van der Waals surface area contributed by atoms with Crippen molar-refractivity contribution >= 4 is 30.0 Å². The van der Waals surface area contributed by atoms with Crippen molar-refractivity contribution < 1.29 is 4.79 Å².